The smallest absolute Gasteiger partial charge is 0.414 e. The van der Waals surface area contributed by atoms with Crippen LogP contribution in [0.2, 0.25) is 0 Å². The highest BCUT2D eigenvalue weighted by molar-refractivity contribution is 5.88. The van der Waals surface area contributed by atoms with Gasteiger partial charge in [0.1, 0.15) is 11.9 Å². The average Bonchev–Trinajstić information content (AvgIpc) is 2.38. The molecule has 1 aromatic carbocycles. The Morgan fingerprint density at radius 2 is 2.41 bits per heavy atom. The number of nitrogens with zero attached hydrogens (tertiary/aromatic N) is 1. The van der Waals surface area contributed by atoms with E-state index in [0.29, 0.717) is 13.1 Å². The van der Waals surface area contributed by atoms with E-state index >= 15 is 0 Å². The average molecular weight is 236 g/mol. The summed E-state index contributed by atoms with van der Waals surface area (Å²) in [5, 5.41) is 0. The summed E-state index contributed by atoms with van der Waals surface area (Å²) >= 11 is 0. The van der Waals surface area contributed by atoms with Crippen LogP contribution in [0.25, 0.3) is 0 Å². The molecule has 0 aromatic heterocycles. The molecule has 1 heterocycles. The molecule has 5 nitrogen and oxygen atoms in total. The van der Waals surface area contributed by atoms with Crippen molar-refractivity contribution in [3.63, 3.8) is 0 Å². The summed E-state index contributed by atoms with van der Waals surface area (Å²) in [6, 6.07) is 7.34. The van der Waals surface area contributed by atoms with Crippen LogP contribution in [0.1, 0.15) is 6.42 Å². The molecule has 0 saturated carbocycles. The minimum absolute atomic E-state index is 0.163. The zero-order valence-corrected chi connectivity index (χ0v) is 9.76. The maximum Gasteiger partial charge on any atom is 0.414 e. The SMILES string of the molecule is COc1cccc(N2CCC(CN)OC2=O)c1. The minimum Gasteiger partial charge on any atom is -0.497 e. The second kappa shape index (κ2) is 5.05. The molecule has 1 aromatic rings. The number of carbonyl (C=O) groups excluding carboxylic acids is 1. The van der Waals surface area contributed by atoms with Crippen molar-refractivity contribution in [2.45, 2.75) is 12.5 Å². The van der Waals surface area contributed by atoms with Crippen molar-refractivity contribution in [2.75, 3.05) is 25.1 Å². The fourth-order valence-corrected chi connectivity index (χ4v) is 1.81. The highest BCUT2D eigenvalue weighted by Crippen LogP contribution is 2.24. The second-order valence-electron chi connectivity index (χ2n) is 3.88. The summed E-state index contributed by atoms with van der Waals surface area (Å²) in [5.74, 6) is 0.719. The van der Waals surface area contributed by atoms with Crippen LogP contribution in [0.3, 0.4) is 0 Å². The lowest BCUT2D eigenvalue weighted by Crippen LogP contribution is -2.44. The summed E-state index contributed by atoms with van der Waals surface area (Å²) in [6.45, 7) is 0.992. The molecule has 17 heavy (non-hydrogen) atoms. The van der Waals surface area contributed by atoms with Gasteiger partial charge in [0.25, 0.3) is 0 Å². The lowest BCUT2D eigenvalue weighted by molar-refractivity contribution is 0.0888. The van der Waals surface area contributed by atoms with Gasteiger partial charge in [-0.2, -0.15) is 0 Å². The Morgan fingerprint density at radius 1 is 1.59 bits per heavy atom. The molecular formula is C12H16N2O3. The number of methoxy groups -OCH3 is 1. The number of carbonyl (C=O) groups is 1. The van der Waals surface area contributed by atoms with Gasteiger partial charge in [0.15, 0.2) is 0 Å². The Kier molecular flexibility index (Phi) is 3.49. The summed E-state index contributed by atoms with van der Waals surface area (Å²) in [7, 11) is 1.60. The van der Waals surface area contributed by atoms with Crippen molar-refractivity contribution >= 4 is 11.8 Å². The van der Waals surface area contributed by atoms with E-state index in [-0.39, 0.29) is 12.2 Å². The second-order valence-corrected chi connectivity index (χ2v) is 3.88. The van der Waals surface area contributed by atoms with Gasteiger partial charge in [-0.25, -0.2) is 4.79 Å². The third kappa shape index (κ3) is 2.50. The van der Waals surface area contributed by atoms with Crippen molar-refractivity contribution in [3.8, 4) is 5.75 Å². The molecule has 1 saturated heterocycles. The zero-order chi connectivity index (χ0) is 12.3. The normalized spacial score (nSPS) is 20.0. The quantitative estimate of drug-likeness (QED) is 0.860. The number of amides is 1. The Labute approximate surface area is 100 Å². The minimum atomic E-state index is -0.347. The van der Waals surface area contributed by atoms with Crippen molar-refractivity contribution in [1.29, 1.82) is 0 Å². The molecule has 1 aliphatic rings. The standard InChI is InChI=1S/C12H16N2O3/c1-16-10-4-2-3-9(7-10)14-6-5-11(8-13)17-12(14)15/h2-4,7,11H,5-6,8,13H2,1H3. The summed E-state index contributed by atoms with van der Waals surface area (Å²) in [4.78, 5) is 13.4. The van der Waals surface area contributed by atoms with Crippen LogP contribution < -0.4 is 15.4 Å². The third-order valence-corrected chi connectivity index (χ3v) is 2.79. The molecule has 0 radical (unpaired) electrons. The van der Waals surface area contributed by atoms with Gasteiger partial charge < -0.3 is 15.2 Å². The number of rotatable bonds is 3. The molecule has 1 amide bonds. The van der Waals surface area contributed by atoms with Crippen LogP contribution in [-0.2, 0) is 4.74 Å². The van der Waals surface area contributed by atoms with Gasteiger partial charge in [0.2, 0.25) is 0 Å². The zero-order valence-electron chi connectivity index (χ0n) is 9.76. The van der Waals surface area contributed by atoms with Crippen molar-refractivity contribution in [3.05, 3.63) is 24.3 Å². The summed E-state index contributed by atoms with van der Waals surface area (Å²) in [6.07, 6.45) is 0.240. The molecule has 5 heteroatoms. The molecule has 0 bridgehead atoms. The first-order valence-electron chi connectivity index (χ1n) is 5.57. The van der Waals surface area contributed by atoms with Gasteiger partial charge in [-0.1, -0.05) is 6.07 Å². The van der Waals surface area contributed by atoms with Crippen LogP contribution >= 0.6 is 0 Å². The predicted molar refractivity (Wildman–Crippen MR) is 64.3 cm³/mol. The molecule has 92 valence electrons. The van der Waals surface area contributed by atoms with E-state index < -0.39 is 0 Å². The number of cyclic esters (lactones) is 1. The van der Waals surface area contributed by atoms with Gasteiger partial charge in [-0.3, -0.25) is 4.90 Å². The maximum atomic E-state index is 11.8. The van der Waals surface area contributed by atoms with Gasteiger partial charge in [-0.15, -0.1) is 0 Å². The van der Waals surface area contributed by atoms with E-state index in [1.165, 1.54) is 0 Å². The first-order valence-corrected chi connectivity index (χ1v) is 5.57. The number of nitrogens with two attached hydrogens (primary N) is 1. The topological polar surface area (TPSA) is 64.8 Å². The molecule has 0 spiro atoms. The molecule has 1 fully saturated rings. The Hall–Kier alpha value is -1.75. The van der Waals surface area contributed by atoms with Crippen molar-refractivity contribution < 1.29 is 14.3 Å². The summed E-state index contributed by atoms with van der Waals surface area (Å²) in [5.41, 5.74) is 6.26. The number of anilines is 1. The van der Waals surface area contributed by atoms with Crippen LogP contribution in [-0.4, -0.2) is 32.4 Å². The lowest BCUT2D eigenvalue weighted by Gasteiger charge is -2.31. The number of ether oxygens (including phenoxy) is 2. The molecule has 0 aliphatic carbocycles. The molecule has 1 unspecified atom stereocenters. The fourth-order valence-electron chi connectivity index (χ4n) is 1.81. The van der Waals surface area contributed by atoms with E-state index in [1.807, 2.05) is 24.3 Å². The third-order valence-electron chi connectivity index (χ3n) is 2.79. The molecule has 1 aliphatic heterocycles. The Balaban J connectivity index is 2.14. The van der Waals surface area contributed by atoms with Crippen LogP contribution in [0, 0.1) is 0 Å². The summed E-state index contributed by atoms with van der Waals surface area (Å²) < 4.78 is 10.3. The van der Waals surface area contributed by atoms with E-state index in [1.54, 1.807) is 12.0 Å². The van der Waals surface area contributed by atoms with Gasteiger partial charge in [0.05, 0.1) is 12.8 Å². The number of hydrogen-bond acceptors (Lipinski definition) is 4. The molecule has 2 rings (SSSR count). The van der Waals surface area contributed by atoms with E-state index in [0.717, 1.165) is 17.9 Å². The van der Waals surface area contributed by atoms with E-state index in [4.69, 9.17) is 15.2 Å². The number of hydrogen-bond donors (Lipinski definition) is 1. The molecular weight excluding hydrogens is 220 g/mol. The van der Waals surface area contributed by atoms with Crippen LogP contribution in [0.5, 0.6) is 5.75 Å². The van der Waals surface area contributed by atoms with Gasteiger partial charge in [-0.05, 0) is 12.1 Å². The van der Waals surface area contributed by atoms with Crippen molar-refractivity contribution in [1.82, 2.24) is 0 Å². The van der Waals surface area contributed by atoms with E-state index in [9.17, 15) is 4.79 Å². The largest absolute Gasteiger partial charge is 0.497 e. The predicted octanol–water partition coefficient (Wildman–Crippen LogP) is 1.37. The lowest BCUT2D eigenvalue weighted by atomic mass is 10.2. The number of benzene rings is 1. The monoisotopic (exact) mass is 236 g/mol. The Bertz CT molecular complexity index is 408. The van der Waals surface area contributed by atoms with Crippen molar-refractivity contribution in [2.24, 2.45) is 5.73 Å². The highest BCUT2D eigenvalue weighted by atomic mass is 16.6. The van der Waals surface area contributed by atoms with Crippen LogP contribution in [0.4, 0.5) is 10.5 Å². The van der Waals surface area contributed by atoms with Gasteiger partial charge >= 0.3 is 6.09 Å². The fraction of sp³-hybridized carbons (Fsp3) is 0.417. The van der Waals surface area contributed by atoms with Crippen LogP contribution in [0.15, 0.2) is 24.3 Å². The van der Waals surface area contributed by atoms with Gasteiger partial charge in [0, 0.05) is 25.6 Å². The first-order chi connectivity index (χ1) is 8.24. The molecule has 1 atom stereocenters. The maximum absolute atomic E-state index is 11.8. The molecule has 2 N–H and O–H groups in total. The first kappa shape index (κ1) is 11.7. The highest BCUT2D eigenvalue weighted by Gasteiger charge is 2.27. The van der Waals surface area contributed by atoms with E-state index in [2.05, 4.69) is 0 Å². The Morgan fingerprint density at radius 3 is 3.06 bits per heavy atom.